The Bertz CT molecular complexity index is 1360. The molecule has 1 aliphatic heterocycles. The fourth-order valence-electron chi connectivity index (χ4n) is 4.07. The highest BCUT2D eigenvalue weighted by atomic mass is 16.6. The maximum Gasteiger partial charge on any atom is 0.437 e. The van der Waals surface area contributed by atoms with E-state index in [9.17, 15) is 19.2 Å². The molecule has 10 heteroatoms. The predicted octanol–water partition coefficient (Wildman–Crippen LogP) is 5.96. The molecular formula is C31H38N4O6. The number of carbonyl (C=O) groups is 4. The molecule has 2 N–H and O–H groups in total. The average molecular weight is 563 g/mol. The number of anilines is 1. The van der Waals surface area contributed by atoms with Gasteiger partial charge in [-0.3, -0.25) is 14.9 Å². The first-order valence-electron chi connectivity index (χ1n) is 13.4. The van der Waals surface area contributed by atoms with Crippen molar-refractivity contribution < 1.29 is 28.7 Å². The lowest BCUT2D eigenvalue weighted by molar-refractivity contribution is 0.0554. The molecule has 0 spiro atoms. The van der Waals surface area contributed by atoms with Crippen molar-refractivity contribution in [3.05, 3.63) is 70.8 Å². The number of aliphatic imine (C=N–C) groups is 1. The number of hydrogen-bond acceptors (Lipinski definition) is 6. The van der Waals surface area contributed by atoms with Gasteiger partial charge in [0, 0.05) is 29.9 Å². The first kappa shape index (κ1) is 31.1. The summed E-state index contributed by atoms with van der Waals surface area (Å²) >= 11 is 0. The van der Waals surface area contributed by atoms with Gasteiger partial charge in [-0.1, -0.05) is 24.3 Å². The van der Waals surface area contributed by atoms with Crippen molar-refractivity contribution in [3.8, 4) is 0 Å². The number of guanidine groups is 1. The zero-order valence-corrected chi connectivity index (χ0v) is 24.7. The van der Waals surface area contributed by atoms with Crippen molar-refractivity contribution >= 4 is 41.6 Å². The van der Waals surface area contributed by atoms with Gasteiger partial charge in [0.1, 0.15) is 17.5 Å². The zero-order chi connectivity index (χ0) is 30.4. The van der Waals surface area contributed by atoms with Gasteiger partial charge in [0.15, 0.2) is 0 Å². The summed E-state index contributed by atoms with van der Waals surface area (Å²) in [7, 11) is 0. The number of amides is 3. The highest BCUT2D eigenvalue weighted by molar-refractivity contribution is 6.04. The topological polar surface area (TPSA) is 126 Å². The largest absolute Gasteiger partial charge is 0.444 e. The molecule has 2 aromatic rings. The Morgan fingerprint density at radius 2 is 1.61 bits per heavy atom. The van der Waals surface area contributed by atoms with Gasteiger partial charge in [0.05, 0.1) is 0 Å². The predicted molar refractivity (Wildman–Crippen MR) is 158 cm³/mol. The number of benzene rings is 2. The zero-order valence-electron chi connectivity index (χ0n) is 24.7. The molecule has 0 aromatic heterocycles. The second-order valence-electron chi connectivity index (χ2n) is 11.7. The van der Waals surface area contributed by atoms with Crippen LogP contribution in [-0.2, 0) is 9.47 Å². The molecule has 0 saturated heterocycles. The summed E-state index contributed by atoms with van der Waals surface area (Å²) in [6, 6.07) is 12.1. The van der Waals surface area contributed by atoms with E-state index in [0.29, 0.717) is 36.3 Å². The lowest BCUT2D eigenvalue weighted by atomic mass is 9.95. The lowest BCUT2D eigenvalue weighted by Gasteiger charge is -2.30. The maximum atomic E-state index is 12.6. The van der Waals surface area contributed by atoms with Gasteiger partial charge in [0.25, 0.3) is 5.91 Å². The quantitative estimate of drug-likeness (QED) is 0.267. The van der Waals surface area contributed by atoms with Crippen LogP contribution in [0.5, 0.6) is 0 Å². The van der Waals surface area contributed by atoms with Gasteiger partial charge < -0.3 is 19.7 Å². The average Bonchev–Trinajstić information content (AvgIpc) is 2.86. The van der Waals surface area contributed by atoms with Crippen LogP contribution in [0.25, 0.3) is 5.57 Å². The SMILES string of the molecule is Cc1cc(NC(=O)c2ccc(C=O)cc2)ccc1C1=CCN(/C(=N\C(=O)OC(C)(C)C)NC(=O)OC(C)(C)C)CC1. The van der Waals surface area contributed by atoms with Crippen LogP contribution in [0.4, 0.5) is 15.3 Å². The molecular weight excluding hydrogens is 524 g/mol. The number of nitrogens with zero attached hydrogens (tertiary/aromatic N) is 2. The van der Waals surface area contributed by atoms with Crippen LogP contribution in [-0.4, -0.2) is 59.5 Å². The summed E-state index contributed by atoms with van der Waals surface area (Å²) < 4.78 is 10.7. The summed E-state index contributed by atoms with van der Waals surface area (Å²) in [6.07, 6.45) is 1.84. The van der Waals surface area contributed by atoms with Crippen molar-refractivity contribution in [2.75, 3.05) is 18.4 Å². The molecule has 3 rings (SSSR count). The van der Waals surface area contributed by atoms with Crippen LogP contribution in [0.2, 0.25) is 0 Å². The van der Waals surface area contributed by atoms with Gasteiger partial charge in [-0.25, -0.2) is 9.59 Å². The van der Waals surface area contributed by atoms with Crippen molar-refractivity contribution in [2.24, 2.45) is 4.99 Å². The van der Waals surface area contributed by atoms with Crippen molar-refractivity contribution in [2.45, 2.75) is 66.1 Å². The number of carbonyl (C=O) groups excluding carboxylic acids is 4. The minimum absolute atomic E-state index is 0.0553. The summed E-state index contributed by atoms with van der Waals surface area (Å²) in [4.78, 5) is 54.2. The highest BCUT2D eigenvalue weighted by Gasteiger charge is 2.25. The molecule has 0 atom stereocenters. The third-order valence-corrected chi connectivity index (χ3v) is 5.85. The Kier molecular flexibility index (Phi) is 9.70. The van der Waals surface area contributed by atoms with Gasteiger partial charge in [-0.05, 0) is 95.9 Å². The van der Waals surface area contributed by atoms with E-state index in [1.807, 2.05) is 31.2 Å². The number of alkyl carbamates (subject to hydrolysis) is 1. The Morgan fingerprint density at radius 3 is 2.15 bits per heavy atom. The van der Waals surface area contributed by atoms with E-state index in [2.05, 4.69) is 15.6 Å². The van der Waals surface area contributed by atoms with E-state index in [0.717, 1.165) is 23.0 Å². The van der Waals surface area contributed by atoms with E-state index in [4.69, 9.17) is 9.47 Å². The number of aldehydes is 1. The van der Waals surface area contributed by atoms with Crippen LogP contribution in [0.1, 0.15) is 79.8 Å². The number of rotatable bonds is 4. The van der Waals surface area contributed by atoms with E-state index in [1.165, 1.54) is 0 Å². The molecule has 41 heavy (non-hydrogen) atoms. The first-order valence-corrected chi connectivity index (χ1v) is 13.4. The summed E-state index contributed by atoms with van der Waals surface area (Å²) in [6.45, 7) is 13.3. The fourth-order valence-corrected chi connectivity index (χ4v) is 4.07. The fraction of sp³-hybridized carbons (Fsp3) is 0.387. The molecule has 10 nitrogen and oxygen atoms in total. The Hall–Kier alpha value is -4.47. The van der Waals surface area contributed by atoms with Gasteiger partial charge in [-0.15, -0.1) is 4.99 Å². The van der Waals surface area contributed by atoms with E-state index < -0.39 is 23.4 Å². The molecule has 0 bridgehead atoms. The van der Waals surface area contributed by atoms with E-state index >= 15 is 0 Å². The van der Waals surface area contributed by atoms with Gasteiger partial charge in [0.2, 0.25) is 5.96 Å². The number of ether oxygens (including phenoxy) is 2. The molecule has 1 heterocycles. The molecule has 0 unspecified atom stereocenters. The molecule has 3 amide bonds. The summed E-state index contributed by atoms with van der Waals surface area (Å²) in [5, 5.41) is 5.49. The summed E-state index contributed by atoms with van der Waals surface area (Å²) in [5.74, 6) is -0.212. The first-order chi connectivity index (χ1) is 19.1. The highest BCUT2D eigenvalue weighted by Crippen LogP contribution is 2.28. The lowest BCUT2D eigenvalue weighted by Crippen LogP contribution is -2.48. The molecule has 0 fully saturated rings. The molecule has 0 radical (unpaired) electrons. The van der Waals surface area contributed by atoms with Gasteiger partial charge >= 0.3 is 12.2 Å². The Labute approximate surface area is 240 Å². The van der Waals surface area contributed by atoms with Crippen LogP contribution in [0, 0.1) is 6.92 Å². The number of nitrogens with one attached hydrogen (secondary N) is 2. The summed E-state index contributed by atoms with van der Waals surface area (Å²) in [5.41, 5.74) is 3.26. The molecule has 0 aliphatic carbocycles. The minimum atomic E-state index is -0.813. The molecule has 2 aromatic carbocycles. The Balaban J connectivity index is 1.74. The molecule has 218 valence electrons. The second kappa shape index (κ2) is 12.8. The third kappa shape index (κ3) is 9.59. The molecule has 0 saturated carbocycles. The van der Waals surface area contributed by atoms with Crippen molar-refractivity contribution in [1.82, 2.24) is 10.2 Å². The second-order valence-corrected chi connectivity index (χ2v) is 11.7. The molecule has 1 aliphatic rings. The normalized spacial score (nSPS) is 14.1. The smallest absolute Gasteiger partial charge is 0.437 e. The standard InChI is InChI=1S/C31H38N4O6/c1-20-18-24(32-26(37)23-10-8-21(19-36)9-11-23)12-13-25(20)22-14-16-35(17-15-22)27(33-28(38)40-30(2,3)4)34-29(39)41-31(5,6)7/h8-14,18-19H,15-17H2,1-7H3,(H,32,37)(H,33,34,38,39). The van der Waals surface area contributed by atoms with Crippen LogP contribution in [0.3, 0.4) is 0 Å². The van der Waals surface area contributed by atoms with Crippen LogP contribution < -0.4 is 10.6 Å². The monoisotopic (exact) mass is 562 g/mol. The van der Waals surface area contributed by atoms with Gasteiger partial charge in [-0.2, -0.15) is 0 Å². The maximum absolute atomic E-state index is 12.6. The van der Waals surface area contributed by atoms with Crippen LogP contribution in [0.15, 0.2) is 53.5 Å². The Morgan fingerprint density at radius 1 is 0.951 bits per heavy atom. The number of hydrogen-bond donors (Lipinski definition) is 2. The van der Waals surface area contributed by atoms with E-state index in [-0.39, 0.29) is 11.9 Å². The van der Waals surface area contributed by atoms with Crippen molar-refractivity contribution in [1.29, 1.82) is 0 Å². The third-order valence-electron chi connectivity index (χ3n) is 5.85. The van der Waals surface area contributed by atoms with Crippen LogP contribution >= 0.6 is 0 Å². The minimum Gasteiger partial charge on any atom is -0.444 e. The van der Waals surface area contributed by atoms with Crippen molar-refractivity contribution in [3.63, 3.8) is 0 Å². The number of aryl methyl sites for hydroxylation is 1. The van der Waals surface area contributed by atoms with E-state index in [1.54, 1.807) is 70.7 Å².